The molecule has 1 aromatic rings. The van der Waals surface area contributed by atoms with Gasteiger partial charge in [-0.2, -0.15) is 0 Å². The predicted molar refractivity (Wildman–Crippen MR) is 83.1 cm³/mol. The van der Waals surface area contributed by atoms with E-state index in [0.717, 1.165) is 25.0 Å². The van der Waals surface area contributed by atoms with Crippen LogP contribution in [-0.4, -0.2) is 47.8 Å². The molecule has 3 rings (SSSR count). The lowest BCUT2D eigenvalue weighted by molar-refractivity contribution is 0.0523. The number of nitrogens with one attached hydrogen (secondary N) is 1. The van der Waals surface area contributed by atoms with Gasteiger partial charge >= 0.3 is 6.03 Å². The van der Waals surface area contributed by atoms with Crippen molar-refractivity contribution in [3.63, 3.8) is 0 Å². The van der Waals surface area contributed by atoms with E-state index in [2.05, 4.69) is 5.32 Å². The van der Waals surface area contributed by atoms with Gasteiger partial charge in [0.15, 0.2) is 0 Å². The van der Waals surface area contributed by atoms with Crippen LogP contribution < -0.4 is 10.9 Å². The summed E-state index contributed by atoms with van der Waals surface area (Å²) in [6.07, 6.45) is 2.52. The van der Waals surface area contributed by atoms with Crippen molar-refractivity contribution in [2.75, 3.05) is 26.3 Å². The van der Waals surface area contributed by atoms with Gasteiger partial charge in [0.1, 0.15) is 0 Å². The quantitative estimate of drug-likeness (QED) is 0.878. The molecule has 0 aromatic carbocycles. The number of carbonyl (C=O) groups is 1. The maximum Gasteiger partial charge on any atom is 0.317 e. The van der Waals surface area contributed by atoms with Gasteiger partial charge in [-0.3, -0.25) is 4.79 Å². The number of hydrogen-bond acceptors (Lipinski definition) is 3. The molecule has 0 saturated carbocycles. The first kappa shape index (κ1) is 15.1. The average molecular weight is 305 g/mol. The van der Waals surface area contributed by atoms with Crippen LogP contribution in [-0.2, 0) is 24.1 Å². The molecule has 6 heteroatoms. The minimum atomic E-state index is 0.000521. The molecule has 1 aromatic heterocycles. The van der Waals surface area contributed by atoms with E-state index in [1.807, 2.05) is 22.5 Å². The second-order valence-electron chi connectivity index (χ2n) is 5.88. The molecule has 2 heterocycles. The Kier molecular flexibility index (Phi) is 4.47. The molecule has 2 amide bonds. The van der Waals surface area contributed by atoms with Crippen LogP contribution in [0.4, 0.5) is 4.79 Å². The minimum absolute atomic E-state index is 0.000521. The molecule has 2 aliphatic rings. The van der Waals surface area contributed by atoms with E-state index < -0.39 is 0 Å². The van der Waals surface area contributed by atoms with Crippen LogP contribution >= 0.6 is 0 Å². The summed E-state index contributed by atoms with van der Waals surface area (Å²) < 4.78 is 7.11. The maximum atomic E-state index is 12.3. The van der Waals surface area contributed by atoms with E-state index in [4.69, 9.17) is 4.74 Å². The van der Waals surface area contributed by atoms with E-state index in [0.29, 0.717) is 32.8 Å². The lowest BCUT2D eigenvalue weighted by atomic mass is 9.91. The van der Waals surface area contributed by atoms with Crippen LogP contribution in [0.1, 0.15) is 24.6 Å². The van der Waals surface area contributed by atoms with Gasteiger partial charge in [-0.1, -0.05) is 6.07 Å². The molecular weight excluding hydrogens is 282 g/mol. The van der Waals surface area contributed by atoms with Crippen molar-refractivity contribution < 1.29 is 9.53 Å². The number of aromatic nitrogens is 1. The maximum absolute atomic E-state index is 12.3. The van der Waals surface area contributed by atoms with Gasteiger partial charge < -0.3 is 19.5 Å². The van der Waals surface area contributed by atoms with Gasteiger partial charge in [0.05, 0.1) is 13.2 Å². The summed E-state index contributed by atoms with van der Waals surface area (Å²) in [6, 6.07) is 3.69. The zero-order chi connectivity index (χ0) is 15.5. The van der Waals surface area contributed by atoms with Crippen molar-refractivity contribution in [2.24, 2.45) is 0 Å². The smallest absolute Gasteiger partial charge is 0.317 e. The highest BCUT2D eigenvalue weighted by molar-refractivity contribution is 5.74. The Bertz CT molecular complexity index is 605. The van der Waals surface area contributed by atoms with Crippen molar-refractivity contribution in [2.45, 2.75) is 38.8 Å². The van der Waals surface area contributed by atoms with Gasteiger partial charge in [0.25, 0.3) is 5.56 Å². The summed E-state index contributed by atoms with van der Waals surface area (Å²) in [7, 11) is 0. The number of nitrogens with zero attached hydrogens (tertiary/aromatic N) is 2. The summed E-state index contributed by atoms with van der Waals surface area (Å²) in [5.41, 5.74) is 2.38. The molecule has 1 fully saturated rings. The summed E-state index contributed by atoms with van der Waals surface area (Å²) in [6.45, 7) is 5.24. The molecule has 22 heavy (non-hydrogen) atoms. The molecule has 1 N–H and O–H groups in total. The fourth-order valence-electron chi connectivity index (χ4n) is 3.33. The molecule has 1 unspecified atom stereocenters. The van der Waals surface area contributed by atoms with Gasteiger partial charge in [0, 0.05) is 37.4 Å². The number of urea groups is 1. The first-order chi connectivity index (χ1) is 10.7. The van der Waals surface area contributed by atoms with Gasteiger partial charge in [-0.25, -0.2) is 4.79 Å². The molecule has 0 spiro atoms. The van der Waals surface area contributed by atoms with Crippen molar-refractivity contribution in [1.29, 1.82) is 0 Å². The normalized spacial score (nSPS) is 21.3. The number of rotatable bonds is 2. The Balaban J connectivity index is 1.67. The summed E-state index contributed by atoms with van der Waals surface area (Å²) in [4.78, 5) is 25.9. The molecule has 6 nitrogen and oxygen atoms in total. The zero-order valence-corrected chi connectivity index (χ0v) is 13.0. The van der Waals surface area contributed by atoms with E-state index in [1.165, 1.54) is 5.56 Å². The predicted octanol–water partition coefficient (Wildman–Crippen LogP) is 0.767. The first-order valence-corrected chi connectivity index (χ1v) is 8.04. The fraction of sp³-hybridized carbons (Fsp3) is 0.625. The van der Waals surface area contributed by atoms with Crippen LogP contribution in [0.15, 0.2) is 16.9 Å². The van der Waals surface area contributed by atoms with E-state index in [-0.39, 0.29) is 17.6 Å². The zero-order valence-electron chi connectivity index (χ0n) is 13.0. The van der Waals surface area contributed by atoms with Crippen LogP contribution in [0, 0.1) is 0 Å². The summed E-state index contributed by atoms with van der Waals surface area (Å²) >= 11 is 0. The SMILES string of the molecule is CCn1c2c(ccc1=O)CC(NC(=O)N1CCOCC1)CC2. The second-order valence-corrected chi connectivity index (χ2v) is 5.88. The van der Waals surface area contributed by atoms with E-state index >= 15 is 0 Å². The molecule has 1 atom stereocenters. The van der Waals surface area contributed by atoms with Crippen LogP contribution in [0.3, 0.4) is 0 Å². The third-order valence-electron chi connectivity index (χ3n) is 4.53. The van der Waals surface area contributed by atoms with E-state index in [9.17, 15) is 9.59 Å². The molecular formula is C16H23N3O3. The highest BCUT2D eigenvalue weighted by atomic mass is 16.5. The number of fused-ring (bicyclic) bond motifs is 1. The van der Waals surface area contributed by atoms with Crippen LogP contribution in [0.2, 0.25) is 0 Å². The van der Waals surface area contributed by atoms with Crippen molar-refractivity contribution in [1.82, 2.24) is 14.8 Å². The van der Waals surface area contributed by atoms with Gasteiger partial charge in [0.2, 0.25) is 0 Å². The van der Waals surface area contributed by atoms with E-state index in [1.54, 1.807) is 6.07 Å². The first-order valence-electron chi connectivity index (χ1n) is 8.04. The average Bonchev–Trinajstić information content (AvgIpc) is 2.55. The van der Waals surface area contributed by atoms with Crippen LogP contribution in [0.25, 0.3) is 0 Å². The molecule has 1 aliphatic heterocycles. The number of amides is 2. The minimum Gasteiger partial charge on any atom is -0.378 e. The largest absolute Gasteiger partial charge is 0.378 e. The number of carbonyl (C=O) groups excluding carboxylic acids is 1. The summed E-state index contributed by atoms with van der Waals surface area (Å²) in [5.74, 6) is 0. The number of ether oxygens (including phenoxy) is 1. The van der Waals surface area contributed by atoms with Gasteiger partial charge in [-0.15, -0.1) is 0 Å². The van der Waals surface area contributed by atoms with Crippen molar-refractivity contribution >= 4 is 6.03 Å². The Hall–Kier alpha value is -1.82. The molecule has 1 saturated heterocycles. The van der Waals surface area contributed by atoms with Crippen LogP contribution in [0.5, 0.6) is 0 Å². The standard InChI is InChI=1S/C16H23N3O3/c1-2-19-14-5-4-13(11-12(14)3-6-15(19)20)17-16(21)18-7-9-22-10-8-18/h3,6,13H,2,4-5,7-11H2,1H3,(H,17,21). The molecule has 0 bridgehead atoms. The lowest BCUT2D eigenvalue weighted by Gasteiger charge is -2.31. The highest BCUT2D eigenvalue weighted by Crippen LogP contribution is 2.20. The molecule has 0 radical (unpaired) electrons. The van der Waals surface area contributed by atoms with Crippen molar-refractivity contribution in [3.05, 3.63) is 33.7 Å². The lowest BCUT2D eigenvalue weighted by Crippen LogP contribution is -2.50. The number of hydrogen-bond donors (Lipinski definition) is 1. The molecule has 1 aliphatic carbocycles. The number of morpholine rings is 1. The topological polar surface area (TPSA) is 63.6 Å². The second kappa shape index (κ2) is 6.52. The monoisotopic (exact) mass is 305 g/mol. The highest BCUT2D eigenvalue weighted by Gasteiger charge is 2.25. The molecule has 120 valence electrons. The van der Waals surface area contributed by atoms with Gasteiger partial charge in [-0.05, 0) is 31.7 Å². The Labute approximate surface area is 130 Å². The Morgan fingerprint density at radius 1 is 1.36 bits per heavy atom. The Morgan fingerprint density at radius 2 is 2.14 bits per heavy atom. The van der Waals surface area contributed by atoms with Crippen molar-refractivity contribution in [3.8, 4) is 0 Å². The Morgan fingerprint density at radius 3 is 2.86 bits per heavy atom. The summed E-state index contributed by atoms with van der Waals surface area (Å²) in [5, 5.41) is 3.13. The third kappa shape index (κ3) is 3.02. The number of pyridine rings is 1. The third-order valence-corrected chi connectivity index (χ3v) is 4.53. The fourth-order valence-corrected chi connectivity index (χ4v) is 3.33.